The molecule has 0 fully saturated rings. The van der Waals surface area contributed by atoms with Crippen LogP contribution in [0.15, 0.2) is 87.9 Å². The van der Waals surface area contributed by atoms with Gasteiger partial charge in [-0.3, -0.25) is 74.9 Å². The van der Waals surface area contributed by atoms with E-state index in [0.29, 0.717) is 128 Å². The zero-order valence-corrected chi connectivity index (χ0v) is 88.1. The number of carbonyl (C=O) groups is 4. The monoisotopic (exact) mass is 2030 g/mol. The summed E-state index contributed by atoms with van der Waals surface area (Å²) in [7, 11) is 20.8. The molecule has 44 nitrogen and oxygen atoms in total. The summed E-state index contributed by atoms with van der Waals surface area (Å²) in [5, 5.41) is 30.9. The van der Waals surface area contributed by atoms with E-state index in [0.717, 1.165) is 217 Å². The molecule has 144 heavy (non-hydrogen) atoms. The lowest BCUT2D eigenvalue weighted by molar-refractivity contribution is -0.285. The second kappa shape index (κ2) is 67.7. The third-order valence-corrected chi connectivity index (χ3v) is 25.9. The molecule has 0 aliphatic carbocycles. The first kappa shape index (κ1) is 122. The maximum Gasteiger partial charge on any atom is 0.332 e. The quantitative estimate of drug-likeness (QED) is 0.0117. The summed E-state index contributed by atoms with van der Waals surface area (Å²) in [6.07, 6.45) is 41.0. The Balaban J connectivity index is 0.000000294. The lowest BCUT2D eigenvalue weighted by Gasteiger charge is -2.23. The topological polar surface area (TPSA) is 496 Å². The normalized spacial score (nSPS) is 12.8. The first-order valence-electron chi connectivity index (χ1n) is 51.2. The average Bonchev–Trinajstić information content (AvgIpc) is 1.61. The van der Waals surface area contributed by atoms with Crippen molar-refractivity contribution in [2.24, 2.45) is 62.3 Å². The molecule has 0 saturated carbocycles. The number of hydrogen-bond donors (Lipinski definition) is 6. The first-order chi connectivity index (χ1) is 69.3. The summed E-state index contributed by atoms with van der Waals surface area (Å²) >= 11 is 0. The molecule has 1 aromatic carbocycles. The van der Waals surface area contributed by atoms with E-state index < -0.39 is 12.1 Å². The van der Waals surface area contributed by atoms with Gasteiger partial charge in [0, 0.05) is 108 Å². The molecule has 9 aromatic rings. The van der Waals surface area contributed by atoms with Gasteiger partial charge in [0.1, 0.15) is 32.2 Å². The second-order valence-electron chi connectivity index (χ2n) is 37.1. The van der Waals surface area contributed by atoms with Gasteiger partial charge in [0.05, 0.1) is 97.7 Å². The summed E-state index contributed by atoms with van der Waals surface area (Å²) in [5.74, 6) is 0.480. The molecule has 4 amide bonds. The highest BCUT2D eigenvalue weighted by atomic mass is 17.2. The molecule has 8 aromatic heterocycles. The van der Waals surface area contributed by atoms with Gasteiger partial charge in [-0.25, -0.2) is 88.0 Å². The second-order valence-corrected chi connectivity index (χ2v) is 37.1. The van der Waals surface area contributed by atoms with Crippen LogP contribution in [0.5, 0.6) is 5.75 Å². The Bertz CT molecular complexity index is 5820. The highest BCUT2D eigenvalue weighted by Gasteiger charge is 2.25. The van der Waals surface area contributed by atoms with Crippen molar-refractivity contribution in [1.82, 2.24) is 96.0 Å². The van der Waals surface area contributed by atoms with Gasteiger partial charge < -0.3 is 49.7 Å². The maximum atomic E-state index is 12.7. The fourth-order valence-electron chi connectivity index (χ4n) is 17.1. The largest absolute Gasteiger partial charge is 0.508 e. The number of unbranched alkanes of at least 4 members (excludes halogenated alkanes) is 28. The molecule has 808 valence electrons. The zero-order chi connectivity index (χ0) is 105. The van der Waals surface area contributed by atoms with Gasteiger partial charge in [0.15, 0.2) is 44.7 Å². The van der Waals surface area contributed by atoms with Crippen molar-refractivity contribution < 1.29 is 78.3 Å². The smallest absolute Gasteiger partial charge is 0.332 e. The summed E-state index contributed by atoms with van der Waals surface area (Å²) in [5.41, 5.74) is 2.04. The number of fused-ring (bicyclic) bond motifs is 4. The van der Waals surface area contributed by atoms with Gasteiger partial charge in [-0.05, 0) is 94.7 Å². The van der Waals surface area contributed by atoms with Gasteiger partial charge >= 0.3 is 22.8 Å². The minimum Gasteiger partial charge on any atom is -0.508 e. The van der Waals surface area contributed by atoms with Crippen LogP contribution in [-0.2, 0) is 157 Å². The Kier molecular flexibility index (Phi) is 57.2. The minimum atomic E-state index is -0.723. The molecule has 0 bridgehead atoms. The Morgan fingerprint density at radius 1 is 0.333 bits per heavy atom. The number of hydrogen-bond acceptors (Lipinski definition) is 28. The van der Waals surface area contributed by atoms with Crippen LogP contribution in [0.3, 0.4) is 0 Å². The van der Waals surface area contributed by atoms with E-state index in [-0.39, 0.29) is 112 Å². The Morgan fingerprint density at radius 3 is 0.868 bits per heavy atom. The number of aliphatic hydroxyl groups is 1. The molecule has 6 atom stereocenters. The van der Waals surface area contributed by atoms with Gasteiger partial charge in [-0.1, -0.05) is 187 Å². The number of phenolic OH excluding ortho intramolecular Hbond substituents is 1. The number of aromatic hydroxyl groups is 1. The molecule has 0 aliphatic rings. The average molecular weight is 2030 g/mol. The minimum absolute atomic E-state index is 0.0100. The Morgan fingerprint density at radius 2 is 0.583 bits per heavy atom. The number of imidazole rings is 4. The standard InChI is InChI=1S/C28H41N5O6.C25H43N5O5.C24H41N5O7.C23H39N5O6/c1-31-20-29-26-25(31)27(36)33(28(37)32(26)2)17-11-9-7-5-4-6-8-10-12-24(35)30-22(19-39-38-3)18-21-13-15-23(34)16-14-21;1-6-19(2)20(17-35-34-5)27-21(31)15-13-11-9-7-8-10-12-14-16-30-24(32)22-23(26-18-28(22)3)29(4)25(30)33;1-27-18-25-22-21(27)23(31)29(24(32)28(22)2)15-12-10-8-6-5-7-9-11-13-20(30)26-19(17-36-34-4)14-16-35-33-3;1-17(29)18(15-34-33-4)25-19(30)13-11-9-7-5-6-8-10-12-14-28-22(31)20-21(24-16-26(20)2)27(3)23(28)32/h13-16,20,22,34H,4-12,17-19H2,1-3H3,(H,30,35);18-20H,6-17H2,1-5H3,(H,27,31);18-19H,5-17H2,1-4H3,(H,26,30);16-18,29H,5-15H2,1-4H3,(H,25,30). The van der Waals surface area contributed by atoms with E-state index in [1.807, 2.05) is 12.1 Å². The number of phenols is 1. The van der Waals surface area contributed by atoms with Crippen LogP contribution in [0.1, 0.15) is 270 Å². The van der Waals surface area contributed by atoms with E-state index in [9.17, 15) is 67.7 Å². The van der Waals surface area contributed by atoms with Gasteiger partial charge in [0.25, 0.3) is 22.2 Å². The van der Waals surface area contributed by atoms with Gasteiger partial charge in [-0.15, -0.1) is 0 Å². The number of carbonyl (C=O) groups excluding carboxylic acids is 4. The van der Waals surface area contributed by atoms with Gasteiger partial charge in [-0.2, -0.15) is 0 Å². The van der Waals surface area contributed by atoms with Crippen LogP contribution < -0.4 is 66.3 Å². The lowest BCUT2D eigenvalue weighted by atomic mass is 9.99. The number of nitrogens with one attached hydrogen (secondary N) is 4. The van der Waals surface area contributed by atoms with Gasteiger partial charge in [0.2, 0.25) is 23.6 Å². The first-order valence-corrected chi connectivity index (χ1v) is 51.2. The highest BCUT2D eigenvalue weighted by molar-refractivity contribution is 5.78. The molecular formula is C100H164N20O24. The van der Waals surface area contributed by atoms with Crippen LogP contribution in [-0.4, -0.2) is 207 Å². The van der Waals surface area contributed by atoms with Crippen LogP contribution in [0, 0.1) is 5.92 Å². The third kappa shape index (κ3) is 40.5. The summed E-state index contributed by atoms with van der Waals surface area (Å²) in [6.45, 7) is 8.74. The molecule has 0 saturated heterocycles. The van der Waals surface area contributed by atoms with Crippen molar-refractivity contribution in [2.75, 3.05) is 68.6 Å². The predicted octanol–water partition coefficient (Wildman–Crippen LogP) is 9.37. The number of benzene rings is 1. The molecule has 44 heteroatoms. The molecule has 6 unspecified atom stereocenters. The van der Waals surface area contributed by atoms with Crippen molar-refractivity contribution in [3.63, 3.8) is 0 Å². The molecule has 0 radical (unpaired) electrons. The van der Waals surface area contributed by atoms with Crippen LogP contribution in [0.25, 0.3) is 44.7 Å². The van der Waals surface area contributed by atoms with Crippen LogP contribution in [0.4, 0.5) is 0 Å². The van der Waals surface area contributed by atoms with Crippen molar-refractivity contribution in [1.29, 1.82) is 0 Å². The van der Waals surface area contributed by atoms with E-state index in [4.69, 9.17) is 29.3 Å². The lowest BCUT2D eigenvalue weighted by Crippen LogP contribution is -2.45. The van der Waals surface area contributed by atoms with Crippen molar-refractivity contribution in [3.05, 3.63) is 138 Å². The zero-order valence-electron chi connectivity index (χ0n) is 88.1. The predicted molar refractivity (Wildman–Crippen MR) is 547 cm³/mol. The highest BCUT2D eigenvalue weighted by Crippen LogP contribution is 2.20. The molecular weight excluding hydrogens is 1870 g/mol. The van der Waals surface area contributed by atoms with E-state index in [2.05, 4.69) is 74.6 Å². The number of aliphatic hydroxyl groups excluding tert-OH is 1. The third-order valence-electron chi connectivity index (χ3n) is 25.9. The SMILES string of the molecule is CCC(C)C(COOC)NC(=O)CCCCCCCCCCn1c(=O)c2c(ncn2C)n(C)c1=O.COOCC(Cc1ccc(O)cc1)NC(=O)CCCCCCCCCCn1c(=O)c2c(ncn2C)n(C)c1=O.COOCC(NC(=O)CCCCCCCCCCn1c(=O)c2c(ncn2C)n(C)c1=O)C(C)O.COOCCC(COOC)NC(=O)CCCCCCCCCCn1c(=O)c2c(ncn2C)n(C)c1=O. The fourth-order valence-corrected chi connectivity index (χ4v) is 17.1. The number of aromatic nitrogens is 16. The summed E-state index contributed by atoms with van der Waals surface area (Å²) in [6, 6.07) is 5.95. The summed E-state index contributed by atoms with van der Waals surface area (Å²) in [4.78, 5) is 214. The number of aryl methyl sites for hydroxylation is 8. The molecule has 0 aliphatic heterocycles. The van der Waals surface area contributed by atoms with E-state index >= 15 is 0 Å². The van der Waals surface area contributed by atoms with E-state index in [1.165, 1.54) is 72.1 Å². The number of amides is 4. The molecule has 6 N–H and O–H groups in total. The number of rotatable bonds is 69. The Hall–Kier alpha value is -10.9. The van der Waals surface area contributed by atoms with Crippen molar-refractivity contribution in [2.45, 2.75) is 328 Å². The maximum absolute atomic E-state index is 12.7. The van der Waals surface area contributed by atoms with Crippen LogP contribution >= 0.6 is 0 Å². The Labute approximate surface area is 841 Å². The summed E-state index contributed by atoms with van der Waals surface area (Å²) < 4.78 is 17.6. The van der Waals surface area contributed by atoms with Crippen LogP contribution in [0.2, 0.25) is 0 Å². The van der Waals surface area contributed by atoms with E-state index in [1.54, 1.807) is 119 Å². The molecule has 8 heterocycles. The van der Waals surface area contributed by atoms with Crippen molar-refractivity contribution >= 4 is 68.3 Å². The number of nitrogens with zero attached hydrogens (tertiary/aromatic N) is 16. The molecule has 0 spiro atoms. The van der Waals surface area contributed by atoms with Crippen molar-refractivity contribution in [3.8, 4) is 5.75 Å². The fraction of sp³-hybridized carbons (Fsp3) is 0.700. The molecule has 9 rings (SSSR count).